The van der Waals surface area contributed by atoms with Crippen molar-refractivity contribution in [1.82, 2.24) is 10.2 Å². The van der Waals surface area contributed by atoms with E-state index in [1.54, 1.807) is 4.90 Å². The summed E-state index contributed by atoms with van der Waals surface area (Å²) in [6.45, 7) is 3.81. The smallest absolute Gasteiger partial charge is 0.334 e. The third-order valence-electron chi connectivity index (χ3n) is 3.66. The van der Waals surface area contributed by atoms with E-state index in [4.69, 9.17) is 0 Å². The van der Waals surface area contributed by atoms with Gasteiger partial charge in [-0.2, -0.15) is 13.2 Å². The predicted molar refractivity (Wildman–Crippen MR) is 74.0 cm³/mol. The van der Waals surface area contributed by atoms with E-state index < -0.39 is 17.6 Å². The highest BCUT2D eigenvalue weighted by atomic mass is 19.4. The number of nitrogens with one attached hydrogen (secondary N) is 1. The van der Waals surface area contributed by atoms with E-state index >= 15 is 0 Å². The number of halogens is 3. The molecule has 1 N–H and O–H groups in total. The molecular formula is C15H19F3N2O. The summed E-state index contributed by atoms with van der Waals surface area (Å²) >= 11 is 0. The summed E-state index contributed by atoms with van der Waals surface area (Å²) in [6.07, 6.45) is -3.02. The van der Waals surface area contributed by atoms with Crippen LogP contribution in [0, 0.1) is 0 Å². The molecule has 6 heteroatoms. The normalized spacial score (nSPS) is 18.8. The third kappa shape index (κ3) is 3.56. The van der Waals surface area contributed by atoms with Gasteiger partial charge in [-0.3, -0.25) is 4.79 Å². The lowest BCUT2D eigenvalue weighted by atomic mass is 10.0. The first-order chi connectivity index (χ1) is 9.95. The van der Waals surface area contributed by atoms with Gasteiger partial charge in [0.1, 0.15) is 0 Å². The van der Waals surface area contributed by atoms with Crippen LogP contribution in [0.2, 0.25) is 0 Å². The minimum absolute atomic E-state index is 0.0289. The Balaban J connectivity index is 2.32. The molecule has 1 saturated heterocycles. The van der Waals surface area contributed by atoms with Crippen molar-refractivity contribution in [2.75, 3.05) is 19.6 Å². The molecular weight excluding hydrogens is 281 g/mol. The van der Waals surface area contributed by atoms with Crippen LogP contribution in [0.1, 0.15) is 35.7 Å². The molecule has 0 aliphatic carbocycles. The fraction of sp³-hybridized carbons (Fsp3) is 0.533. The van der Waals surface area contributed by atoms with Crippen molar-refractivity contribution >= 4 is 5.91 Å². The van der Waals surface area contributed by atoms with Gasteiger partial charge in [-0.1, -0.05) is 19.1 Å². The number of carbonyl (C=O) groups is 1. The maximum Gasteiger partial charge on any atom is 0.417 e. The zero-order valence-electron chi connectivity index (χ0n) is 11.9. The Morgan fingerprint density at radius 2 is 2.10 bits per heavy atom. The molecule has 0 saturated carbocycles. The number of rotatable bonds is 4. The molecule has 1 unspecified atom stereocenters. The molecule has 0 spiro atoms. The minimum atomic E-state index is -4.52. The summed E-state index contributed by atoms with van der Waals surface area (Å²) in [7, 11) is 0. The molecule has 1 heterocycles. The Morgan fingerprint density at radius 3 is 2.67 bits per heavy atom. The number of hydrogen-bond donors (Lipinski definition) is 1. The highest BCUT2D eigenvalue weighted by Crippen LogP contribution is 2.32. The number of alkyl halides is 3. The lowest BCUT2D eigenvalue weighted by Crippen LogP contribution is -2.42. The molecule has 3 nitrogen and oxygen atoms in total. The Bertz CT molecular complexity index is 496. The molecule has 1 aromatic rings. The SMILES string of the molecule is CCCN(C(=O)c1ccccc1C(F)(F)F)C1CCNC1. The van der Waals surface area contributed by atoms with Gasteiger partial charge in [0.15, 0.2) is 0 Å². The lowest BCUT2D eigenvalue weighted by Gasteiger charge is -2.29. The highest BCUT2D eigenvalue weighted by molar-refractivity contribution is 5.96. The second-order valence-corrected chi connectivity index (χ2v) is 5.19. The van der Waals surface area contributed by atoms with Gasteiger partial charge < -0.3 is 10.2 Å². The van der Waals surface area contributed by atoms with Crippen LogP contribution in [0.25, 0.3) is 0 Å². The van der Waals surface area contributed by atoms with E-state index in [2.05, 4.69) is 5.32 Å². The zero-order chi connectivity index (χ0) is 15.5. The molecule has 1 amide bonds. The average Bonchev–Trinajstić information content (AvgIpc) is 2.97. The summed E-state index contributed by atoms with van der Waals surface area (Å²) in [4.78, 5) is 14.2. The highest BCUT2D eigenvalue weighted by Gasteiger charge is 2.37. The van der Waals surface area contributed by atoms with Crippen LogP contribution >= 0.6 is 0 Å². The van der Waals surface area contributed by atoms with Crippen LogP contribution in [0.5, 0.6) is 0 Å². The third-order valence-corrected chi connectivity index (χ3v) is 3.66. The Hall–Kier alpha value is -1.56. The first-order valence-corrected chi connectivity index (χ1v) is 7.13. The standard InChI is InChI=1S/C15H19F3N2O/c1-2-9-20(11-7-8-19-10-11)14(21)12-5-3-4-6-13(12)15(16,17)18/h3-6,11,19H,2,7-10H2,1H3. The summed E-state index contributed by atoms with van der Waals surface area (Å²) in [5.41, 5.74) is -1.12. The van der Waals surface area contributed by atoms with Crippen molar-refractivity contribution in [2.45, 2.75) is 32.0 Å². The van der Waals surface area contributed by atoms with Crippen LogP contribution < -0.4 is 5.32 Å². The van der Waals surface area contributed by atoms with Crippen LogP contribution in [0.3, 0.4) is 0 Å². The van der Waals surface area contributed by atoms with Crippen molar-refractivity contribution < 1.29 is 18.0 Å². The second kappa shape index (κ2) is 6.47. The summed E-state index contributed by atoms with van der Waals surface area (Å²) in [6, 6.07) is 4.97. The van der Waals surface area contributed by atoms with Crippen LogP contribution in [-0.4, -0.2) is 36.5 Å². The predicted octanol–water partition coefficient (Wildman–Crippen LogP) is 2.92. The first kappa shape index (κ1) is 15.8. The van der Waals surface area contributed by atoms with Gasteiger partial charge >= 0.3 is 6.18 Å². The van der Waals surface area contributed by atoms with Crippen molar-refractivity contribution in [3.05, 3.63) is 35.4 Å². The van der Waals surface area contributed by atoms with Gasteiger partial charge in [-0.25, -0.2) is 0 Å². The maximum atomic E-state index is 13.1. The summed E-state index contributed by atoms with van der Waals surface area (Å²) < 4.78 is 39.2. The Labute approximate surface area is 122 Å². The van der Waals surface area contributed by atoms with Crippen LogP contribution in [0.4, 0.5) is 13.2 Å². The van der Waals surface area contributed by atoms with Crippen molar-refractivity contribution in [2.24, 2.45) is 0 Å². The fourth-order valence-corrected chi connectivity index (χ4v) is 2.67. The van der Waals surface area contributed by atoms with E-state index in [0.29, 0.717) is 13.1 Å². The van der Waals surface area contributed by atoms with Gasteiger partial charge in [0.2, 0.25) is 0 Å². The maximum absolute atomic E-state index is 13.1. The molecule has 1 aromatic carbocycles. The molecule has 0 bridgehead atoms. The molecule has 1 aliphatic rings. The molecule has 1 atom stereocenters. The van der Waals surface area contributed by atoms with Gasteiger partial charge in [-0.05, 0) is 31.5 Å². The van der Waals surface area contributed by atoms with E-state index in [1.807, 2.05) is 6.92 Å². The molecule has 2 rings (SSSR count). The molecule has 0 radical (unpaired) electrons. The quantitative estimate of drug-likeness (QED) is 0.927. The number of benzene rings is 1. The minimum Gasteiger partial charge on any atom is -0.334 e. The Morgan fingerprint density at radius 1 is 1.38 bits per heavy atom. The monoisotopic (exact) mass is 300 g/mol. The van der Waals surface area contributed by atoms with E-state index in [-0.39, 0.29) is 11.6 Å². The van der Waals surface area contributed by atoms with E-state index in [0.717, 1.165) is 25.5 Å². The number of amides is 1. The van der Waals surface area contributed by atoms with Gasteiger partial charge in [0, 0.05) is 19.1 Å². The largest absolute Gasteiger partial charge is 0.417 e. The summed E-state index contributed by atoms with van der Waals surface area (Å²) in [5, 5.41) is 3.15. The fourth-order valence-electron chi connectivity index (χ4n) is 2.67. The topological polar surface area (TPSA) is 32.3 Å². The van der Waals surface area contributed by atoms with Gasteiger partial charge in [0.05, 0.1) is 11.1 Å². The molecule has 0 aromatic heterocycles. The van der Waals surface area contributed by atoms with Crippen LogP contribution in [-0.2, 0) is 6.18 Å². The zero-order valence-corrected chi connectivity index (χ0v) is 11.9. The van der Waals surface area contributed by atoms with Crippen molar-refractivity contribution in [1.29, 1.82) is 0 Å². The molecule has 21 heavy (non-hydrogen) atoms. The van der Waals surface area contributed by atoms with Gasteiger partial charge in [-0.15, -0.1) is 0 Å². The summed E-state index contributed by atoms with van der Waals surface area (Å²) in [5.74, 6) is -0.529. The molecule has 1 aliphatic heterocycles. The number of hydrogen-bond acceptors (Lipinski definition) is 2. The van der Waals surface area contributed by atoms with E-state index in [9.17, 15) is 18.0 Å². The first-order valence-electron chi connectivity index (χ1n) is 7.13. The second-order valence-electron chi connectivity index (χ2n) is 5.19. The molecule has 116 valence electrons. The van der Waals surface area contributed by atoms with E-state index in [1.165, 1.54) is 18.2 Å². The van der Waals surface area contributed by atoms with Crippen molar-refractivity contribution in [3.8, 4) is 0 Å². The lowest BCUT2D eigenvalue weighted by molar-refractivity contribution is -0.138. The average molecular weight is 300 g/mol. The molecule has 1 fully saturated rings. The van der Waals surface area contributed by atoms with Crippen LogP contribution in [0.15, 0.2) is 24.3 Å². The number of nitrogens with zero attached hydrogens (tertiary/aromatic N) is 1. The van der Waals surface area contributed by atoms with Gasteiger partial charge in [0.25, 0.3) is 5.91 Å². The number of carbonyl (C=O) groups excluding carboxylic acids is 1. The Kier molecular flexibility index (Phi) is 4.88. The van der Waals surface area contributed by atoms with Crippen molar-refractivity contribution in [3.63, 3.8) is 0 Å².